The lowest BCUT2D eigenvalue weighted by Crippen LogP contribution is -1.81. The molecule has 1 heterocycles. The first kappa shape index (κ1) is 8.69. The van der Waals surface area contributed by atoms with Crippen LogP contribution in [0, 0.1) is 5.82 Å². The average molecular weight is 190 g/mol. The van der Waals surface area contributed by atoms with Crippen LogP contribution in [0.4, 0.5) is 4.39 Å². The first-order valence-corrected chi connectivity index (χ1v) is 4.10. The minimum atomic E-state index is -0.312. The molecule has 0 aliphatic rings. The van der Waals surface area contributed by atoms with E-state index in [1.807, 2.05) is 0 Å². The third-order valence-electron chi connectivity index (χ3n) is 1.93. The van der Waals surface area contributed by atoms with E-state index in [0.717, 1.165) is 0 Å². The molecule has 0 amide bonds. The van der Waals surface area contributed by atoms with E-state index in [4.69, 9.17) is 4.42 Å². The Morgan fingerprint density at radius 1 is 1.14 bits per heavy atom. The van der Waals surface area contributed by atoms with Crippen molar-refractivity contribution in [2.45, 2.75) is 0 Å². The zero-order valence-electron chi connectivity index (χ0n) is 7.24. The zero-order valence-corrected chi connectivity index (χ0v) is 7.24. The number of hydrogen-bond acceptors (Lipinski definition) is 2. The van der Waals surface area contributed by atoms with Crippen LogP contribution in [0.15, 0.2) is 41.0 Å². The van der Waals surface area contributed by atoms with Crippen molar-refractivity contribution in [3.63, 3.8) is 0 Å². The molecule has 0 aliphatic heterocycles. The van der Waals surface area contributed by atoms with Crippen molar-refractivity contribution in [3.05, 3.63) is 48.0 Å². The minimum Gasteiger partial charge on any atom is -0.464 e. The molecule has 1 aromatic heterocycles. The Kier molecular flexibility index (Phi) is 2.14. The van der Waals surface area contributed by atoms with Gasteiger partial charge in [0, 0.05) is 5.56 Å². The van der Waals surface area contributed by atoms with Gasteiger partial charge in [-0.25, -0.2) is 4.39 Å². The molecule has 0 saturated carbocycles. The highest BCUT2D eigenvalue weighted by atomic mass is 19.1. The maximum absolute atomic E-state index is 12.6. The number of benzene rings is 1. The molecule has 0 radical (unpaired) electrons. The van der Waals surface area contributed by atoms with E-state index in [9.17, 15) is 9.18 Å². The molecule has 3 heteroatoms. The topological polar surface area (TPSA) is 30.2 Å². The first-order valence-electron chi connectivity index (χ1n) is 4.10. The van der Waals surface area contributed by atoms with Crippen LogP contribution in [0.5, 0.6) is 0 Å². The highest BCUT2D eigenvalue weighted by Gasteiger charge is 2.07. The van der Waals surface area contributed by atoms with E-state index >= 15 is 0 Å². The Labute approximate surface area is 80.0 Å². The quantitative estimate of drug-likeness (QED) is 0.681. The van der Waals surface area contributed by atoms with Crippen LogP contribution in [0.25, 0.3) is 11.3 Å². The van der Waals surface area contributed by atoms with Crippen molar-refractivity contribution in [2.24, 2.45) is 0 Å². The van der Waals surface area contributed by atoms with Gasteiger partial charge >= 0.3 is 0 Å². The fourth-order valence-electron chi connectivity index (χ4n) is 1.25. The largest absolute Gasteiger partial charge is 0.464 e. The number of rotatable bonds is 2. The summed E-state index contributed by atoms with van der Waals surface area (Å²) in [6.07, 6.45) is 2.14. The van der Waals surface area contributed by atoms with Crippen LogP contribution in [0.3, 0.4) is 0 Å². The van der Waals surface area contributed by atoms with E-state index in [1.165, 1.54) is 18.4 Å². The van der Waals surface area contributed by atoms with Crippen LogP contribution in [-0.4, -0.2) is 6.29 Å². The lowest BCUT2D eigenvalue weighted by Gasteiger charge is -1.97. The second-order valence-electron chi connectivity index (χ2n) is 2.83. The summed E-state index contributed by atoms with van der Waals surface area (Å²) in [6.45, 7) is 0. The number of carbonyl (C=O) groups excluding carboxylic acids is 1. The summed E-state index contributed by atoms with van der Waals surface area (Å²) in [5, 5.41) is 0. The lowest BCUT2D eigenvalue weighted by atomic mass is 10.1. The smallest absolute Gasteiger partial charge is 0.153 e. The predicted octanol–water partition coefficient (Wildman–Crippen LogP) is 2.90. The van der Waals surface area contributed by atoms with Crippen molar-refractivity contribution in [1.82, 2.24) is 0 Å². The van der Waals surface area contributed by atoms with Crippen molar-refractivity contribution >= 4 is 6.29 Å². The van der Waals surface area contributed by atoms with Gasteiger partial charge in [0.05, 0.1) is 11.8 Å². The normalized spacial score (nSPS) is 10.1. The predicted molar refractivity (Wildman–Crippen MR) is 49.5 cm³/mol. The summed E-state index contributed by atoms with van der Waals surface area (Å²) < 4.78 is 17.7. The second kappa shape index (κ2) is 3.46. The number of hydrogen-bond donors (Lipinski definition) is 0. The van der Waals surface area contributed by atoms with Gasteiger partial charge in [0.15, 0.2) is 6.29 Å². The monoisotopic (exact) mass is 190 g/mol. The van der Waals surface area contributed by atoms with E-state index in [1.54, 1.807) is 18.2 Å². The fraction of sp³-hybridized carbons (Fsp3) is 0. The highest BCUT2D eigenvalue weighted by molar-refractivity contribution is 5.84. The standard InChI is InChI=1S/C11H7FO2/c12-10-3-1-8(2-4-10)11-9(7-13)5-6-14-11/h1-7H. The third kappa shape index (κ3) is 1.44. The highest BCUT2D eigenvalue weighted by Crippen LogP contribution is 2.23. The van der Waals surface area contributed by atoms with Gasteiger partial charge in [0.25, 0.3) is 0 Å². The minimum absolute atomic E-state index is 0.312. The number of aldehydes is 1. The summed E-state index contributed by atoms with van der Waals surface area (Å²) in [5.41, 5.74) is 1.16. The van der Waals surface area contributed by atoms with Gasteiger partial charge < -0.3 is 4.42 Å². The van der Waals surface area contributed by atoms with Crippen LogP contribution >= 0.6 is 0 Å². The Morgan fingerprint density at radius 2 is 1.86 bits per heavy atom. The Balaban J connectivity index is 2.49. The summed E-state index contributed by atoms with van der Waals surface area (Å²) in [6, 6.07) is 7.37. The van der Waals surface area contributed by atoms with Crippen LogP contribution in [0.2, 0.25) is 0 Å². The molecule has 2 aromatic rings. The van der Waals surface area contributed by atoms with Gasteiger partial charge in [-0.2, -0.15) is 0 Å². The van der Waals surface area contributed by atoms with Gasteiger partial charge in [-0.1, -0.05) is 0 Å². The maximum atomic E-state index is 12.6. The molecule has 0 aliphatic carbocycles. The second-order valence-corrected chi connectivity index (χ2v) is 2.83. The number of furan rings is 1. The number of halogens is 1. The summed E-state index contributed by atoms with van der Waals surface area (Å²) in [4.78, 5) is 10.6. The van der Waals surface area contributed by atoms with E-state index in [-0.39, 0.29) is 5.82 Å². The Hall–Kier alpha value is -1.90. The molecule has 0 saturated heterocycles. The van der Waals surface area contributed by atoms with Gasteiger partial charge in [-0.05, 0) is 30.3 Å². The molecule has 2 rings (SSSR count). The molecule has 0 unspecified atom stereocenters. The molecule has 0 bridgehead atoms. The van der Waals surface area contributed by atoms with Gasteiger partial charge in [-0.15, -0.1) is 0 Å². The van der Waals surface area contributed by atoms with Gasteiger partial charge in [-0.3, -0.25) is 4.79 Å². The van der Waals surface area contributed by atoms with Gasteiger partial charge in [0.2, 0.25) is 0 Å². The summed E-state index contributed by atoms with van der Waals surface area (Å²) >= 11 is 0. The van der Waals surface area contributed by atoms with Crippen molar-refractivity contribution in [1.29, 1.82) is 0 Å². The molecule has 0 spiro atoms. The van der Waals surface area contributed by atoms with E-state index in [0.29, 0.717) is 23.2 Å². The van der Waals surface area contributed by atoms with E-state index < -0.39 is 0 Å². The molecule has 0 atom stereocenters. The van der Waals surface area contributed by atoms with Crippen LogP contribution in [-0.2, 0) is 0 Å². The SMILES string of the molecule is O=Cc1ccoc1-c1ccc(F)cc1. The molecular formula is C11H7FO2. The molecule has 2 nitrogen and oxygen atoms in total. The van der Waals surface area contributed by atoms with Crippen LogP contribution in [0.1, 0.15) is 10.4 Å². The Bertz CT molecular complexity index is 443. The van der Waals surface area contributed by atoms with Crippen molar-refractivity contribution in [3.8, 4) is 11.3 Å². The molecule has 0 fully saturated rings. The maximum Gasteiger partial charge on any atom is 0.153 e. The van der Waals surface area contributed by atoms with Crippen molar-refractivity contribution in [2.75, 3.05) is 0 Å². The summed E-state index contributed by atoms with van der Waals surface area (Å²) in [5.74, 6) is 0.160. The van der Waals surface area contributed by atoms with Gasteiger partial charge in [0.1, 0.15) is 11.6 Å². The molecule has 14 heavy (non-hydrogen) atoms. The van der Waals surface area contributed by atoms with E-state index in [2.05, 4.69) is 0 Å². The average Bonchev–Trinajstić information content (AvgIpc) is 2.67. The zero-order chi connectivity index (χ0) is 9.97. The first-order chi connectivity index (χ1) is 6.81. The van der Waals surface area contributed by atoms with Crippen molar-refractivity contribution < 1.29 is 13.6 Å². The molecule has 70 valence electrons. The molecule has 1 aromatic carbocycles. The fourth-order valence-corrected chi connectivity index (χ4v) is 1.25. The third-order valence-corrected chi connectivity index (χ3v) is 1.93. The molecule has 0 N–H and O–H groups in total. The summed E-state index contributed by atoms with van der Waals surface area (Å²) in [7, 11) is 0. The lowest BCUT2D eigenvalue weighted by molar-refractivity contribution is 0.112. The Morgan fingerprint density at radius 3 is 2.50 bits per heavy atom. The van der Waals surface area contributed by atoms with Crippen LogP contribution < -0.4 is 0 Å². The molecular weight excluding hydrogens is 183 g/mol. The number of carbonyl (C=O) groups is 1.